The lowest BCUT2D eigenvalue weighted by Crippen LogP contribution is -2.16. The van der Waals surface area contributed by atoms with Crippen molar-refractivity contribution in [1.82, 2.24) is 0 Å². The van der Waals surface area contributed by atoms with Crippen molar-refractivity contribution in [2.24, 2.45) is 0 Å². The van der Waals surface area contributed by atoms with E-state index in [-0.39, 0.29) is 5.75 Å². The van der Waals surface area contributed by atoms with Crippen LogP contribution in [-0.2, 0) is 16.9 Å². The number of hydrogen-bond donors (Lipinski definition) is 1. The number of benzene rings is 2. The van der Waals surface area contributed by atoms with Gasteiger partial charge in [-0.05, 0) is 41.0 Å². The minimum atomic E-state index is -1.14. The molecule has 0 heterocycles. The summed E-state index contributed by atoms with van der Waals surface area (Å²) >= 11 is 4.66. The van der Waals surface area contributed by atoms with E-state index >= 15 is 0 Å². The Labute approximate surface area is 132 Å². The van der Waals surface area contributed by atoms with E-state index in [1.807, 2.05) is 24.3 Å². The number of ether oxygens (including phenoxy) is 1. The molecule has 2 atom stereocenters. The van der Waals surface area contributed by atoms with Crippen LogP contribution in [0.1, 0.15) is 17.2 Å². The Balaban J connectivity index is 1.91. The van der Waals surface area contributed by atoms with Crippen molar-refractivity contribution in [3.63, 3.8) is 0 Å². The third kappa shape index (κ3) is 4.93. The number of aliphatic hydroxyl groups is 1. The van der Waals surface area contributed by atoms with Gasteiger partial charge in [-0.15, -0.1) is 0 Å². The van der Waals surface area contributed by atoms with Crippen LogP contribution in [0, 0.1) is 0 Å². The highest BCUT2D eigenvalue weighted by atomic mass is 35.5. The molecule has 3 nitrogen and oxygen atoms in total. The number of rotatable bonds is 6. The fourth-order valence-corrected chi connectivity index (χ4v) is 3.28. The van der Waals surface area contributed by atoms with Gasteiger partial charge in [0.15, 0.2) is 0 Å². The number of halogens is 1. The number of aliphatic hydroxyl groups excluding tert-OH is 1. The van der Waals surface area contributed by atoms with Crippen LogP contribution >= 0.6 is 11.6 Å². The third-order valence-electron chi connectivity index (χ3n) is 3.09. The second-order valence-corrected chi connectivity index (χ2v) is 6.60. The summed E-state index contributed by atoms with van der Waals surface area (Å²) in [5, 5.41) is 10.7. The predicted octanol–water partition coefficient (Wildman–Crippen LogP) is 3.33. The summed E-state index contributed by atoms with van der Waals surface area (Å²) in [5.74, 6) is 1.38. The molecule has 0 bridgehead atoms. The molecular weight excluding hydrogens is 308 g/mol. The Hall–Kier alpha value is -1.20. The molecular formula is C16H17ClO3S. The minimum Gasteiger partial charge on any atom is -0.616 e. The second-order valence-electron chi connectivity index (χ2n) is 4.67. The lowest BCUT2D eigenvalue weighted by molar-refractivity contribution is 0.201. The molecule has 21 heavy (non-hydrogen) atoms. The van der Waals surface area contributed by atoms with E-state index in [9.17, 15) is 9.66 Å². The van der Waals surface area contributed by atoms with E-state index in [1.165, 1.54) is 0 Å². The van der Waals surface area contributed by atoms with Crippen molar-refractivity contribution in [3.05, 3.63) is 64.7 Å². The highest BCUT2D eigenvalue weighted by Gasteiger charge is 2.16. The topological polar surface area (TPSA) is 52.5 Å². The summed E-state index contributed by atoms with van der Waals surface area (Å²) in [6.45, 7) is 0. The zero-order chi connectivity index (χ0) is 15.2. The average Bonchev–Trinajstić information content (AvgIpc) is 2.48. The second kappa shape index (κ2) is 7.71. The molecule has 0 aliphatic carbocycles. The van der Waals surface area contributed by atoms with E-state index in [0.29, 0.717) is 10.8 Å². The van der Waals surface area contributed by atoms with Crippen molar-refractivity contribution >= 4 is 22.8 Å². The van der Waals surface area contributed by atoms with Gasteiger partial charge in [-0.2, -0.15) is 0 Å². The van der Waals surface area contributed by atoms with Crippen LogP contribution in [0.4, 0.5) is 0 Å². The van der Waals surface area contributed by atoms with Crippen molar-refractivity contribution < 1.29 is 14.4 Å². The van der Waals surface area contributed by atoms with Crippen molar-refractivity contribution in [3.8, 4) is 5.75 Å². The van der Waals surface area contributed by atoms with E-state index in [4.69, 9.17) is 16.3 Å². The summed E-state index contributed by atoms with van der Waals surface area (Å²) < 4.78 is 17.2. The normalized spacial score (nSPS) is 13.7. The Morgan fingerprint density at radius 2 is 1.76 bits per heavy atom. The smallest absolute Gasteiger partial charge is 0.135 e. The Morgan fingerprint density at radius 1 is 1.14 bits per heavy atom. The maximum atomic E-state index is 12.1. The van der Waals surface area contributed by atoms with Crippen LogP contribution in [0.3, 0.4) is 0 Å². The first-order chi connectivity index (χ1) is 10.1. The summed E-state index contributed by atoms with van der Waals surface area (Å²) in [7, 11) is 1.61. The SMILES string of the molecule is COc1ccc(C[S+]([O-])CC(O)c2ccc(Cl)cc2)cc1. The monoisotopic (exact) mass is 324 g/mol. The molecule has 2 unspecified atom stereocenters. The van der Waals surface area contributed by atoms with Crippen LogP contribution in [0.5, 0.6) is 5.75 Å². The first kappa shape index (κ1) is 16.2. The fourth-order valence-electron chi connectivity index (χ4n) is 1.92. The maximum absolute atomic E-state index is 12.1. The summed E-state index contributed by atoms with van der Waals surface area (Å²) in [5.41, 5.74) is 1.68. The minimum absolute atomic E-state index is 0.202. The average molecular weight is 325 g/mol. The first-order valence-electron chi connectivity index (χ1n) is 6.50. The molecule has 2 rings (SSSR count). The van der Waals surface area contributed by atoms with Crippen LogP contribution in [0.2, 0.25) is 5.02 Å². The fraction of sp³-hybridized carbons (Fsp3) is 0.250. The van der Waals surface area contributed by atoms with Crippen LogP contribution in [0.15, 0.2) is 48.5 Å². The quantitative estimate of drug-likeness (QED) is 0.829. The van der Waals surface area contributed by atoms with Crippen LogP contribution in [0.25, 0.3) is 0 Å². The number of hydrogen-bond acceptors (Lipinski definition) is 3. The molecule has 1 N–H and O–H groups in total. The Kier molecular flexibility index (Phi) is 5.94. The van der Waals surface area contributed by atoms with Gasteiger partial charge in [0.25, 0.3) is 0 Å². The molecule has 0 aliphatic heterocycles. The van der Waals surface area contributed by atoms with Gasteiger partial charge >= 0.3 is 0 Å². The van der Waals surface area contributed by atoms with Gasteiger partial charge in [0.1, 0.15) is 23.4 Å². The van der Waals surface area contributed by atoms with Gasteiger partial charge in [-0.1, -0.05) is 35.9 Å². The van der Waals surface area contributed by atoms with Gasteiger partial charge in [0, 0.05) is 10.6 Å². The lowest BCUT2D eigenvalue weighted by atomic mass is 10.1. The molecule has 0 radical (unpaired) electrons. The van der Waals surface area contributed by atoms with E-state index in [2.05, 4.69) is 0 Å². The molecule has 0 amide bonds. The van der Waals surface area contributed by atoms with Crippen LogP contribution in [-0.4, -0.2) is 22.5 Å². The van der Waals surface area contributed by atoms with Gasteiger partial charge in [-0.25, -0.2) is 0 Å². The third-order valence-corrected chi connectivity index (χ3v) is 4.68. The van der Waals surface area contributed by atoms with Gasteiger partial charge in [0.05, 0.1) is 7.11 Å². The molecule has 0 saturated carbocycles. The molecule has 0 aliphatic rings. The van der Waals surface area contributed by atoms with Gasteiger partial charge in [0.2, 0.25) is 0 Å². The van der Waals surface area contributed by atoms with E-state index in [1.54, 1.807) is 31.4 Å². The molecule has 0 fully saturated rings. The zero-order valence-electron chi connectivity index (χ0n) is 11.7. The van der Waals surface area contributed by atoms with Crippen molar-refractivity contribution in [2.75, 3.05) is 12.9 Å². The van der Waals surface area contributed by atoms with Gasteiger partial charge in [-0.3, -0.25) is 0 Å². The Morgan fingerprint density at radius 3 is 2.33 bits per heavy atom. The summed E-state index contributed by atoms with van der Waals surface area (Å²) in [6, 6.07) is 14.4. The predicted molar refractivity (Wildman–Crippen MR) is 86.1 cm³/mol. The lowest BCUT2D eigenvalue weighted by Gasteiger charge is -2.16. The van der Waals surface area contributed by atoms with Gasteiger partial charge < -0.3 is 14.4 Å². The molecule has 2 aromatic carbocycles. The van der Waals surface area contributed by atoms with E-state index < -0.39 is 17.3 Å². The molecule has 2 aromatic rings. The van der Waals surface area contributed by atoms with E-state index in [0.717, 1.165) is 16.9 Å². The Bertz CT molecular complexity index is 557. The van der Waals surface area contributed by atoms with Crippen molar-refractivity contribution in [2.45, 2.75) is 11.9 Å². The summed E-state index contributed by atoms with van der Waals surface area (Å²) in [4.78, 5) is 0. The maximum Gasteiger partial charge on any atom is 0.135 e. The summed E-state index contributed by atoms with van der Waals surface area (Å²) in [6.07, 6.45) is -0.749. The molecule has 5 heteroatoms. The highest BCUT2D eigenvalue weighted by Crippen LogP contribution is 2.20. The molecule has 112 valence electrons. The largest absolute Gasteiger partial charge is 0.616 e. The molecule has 0 spiro atoms. The standard InChI is InChI=1S/C16H17ClO3S/c1-20-15-8-2-12(3-9-15)10-21(19)11-16(18)13-4-6-14(17)7-5-13/h2-9,16,18H,10-11H2,1H3. The van der Waals surface area contributed by atoms with Crippen molar-refractivity contribution in [1.29, 1.82) is 0 Å². The highest BCUT2D eigenvalue weighted by molar-refractivity contribution is 7.90. The molecule has 0 aromatic heterocycles. The first-order valence-corrected chi connectivity index (χ1v) is 8.36. The van der Waals surface area contributed by atoms with Crippen LogP contribution < -0.4 is 4.74 Å². The molecule has 0 saturated heterocycles. The number of methoxy groups -OCH3 is 1. The zero-order valence-corrected chi connectivity index (χ0v) is 13.2.